The van der Waals surface area contributed by atoms with E-state index >= 15 is 0 Å². The molecule has 1 aliphatic rings. The van der Waals surface area contributed by atoms with E-state index in [4.69, 9.17) is 4.74 Å². The smallest absolute Gasteiger partial charge is 0.459 e. The van der Waals surface area contributed by atoms with Crippen LogP contribution in [0.1, 0.15) is 34.1 Å². The molecule has 148 valence electrons. The molecule has 1 N–H and O–H groups in total. The molecule has 0 amide bonds. The summed E-state index contributed by atoms with van der Waals surface area (Å²) in [6.45, 7) is 6.98. The lowest BCUT2D eigenvalue weighted by molar-refractivity contribution is -0.274. The topological polar surface area (TPSA) is 64.6 Å². The number of rotatable bonds is 4. The Morgan fingerprint density at radius 3 is 2.22 bits per heavy atom. The second-order valence-electron chi connectivity index (χ2n) is 7.46. The number of benzene rings is 1. The molecule has 5 nitrogen and oxygen atoms in total. The average Bonchev–Trinajstić information content (AvgIpc) is 2.45. The summed E-state index contributed by atoms with van der Waals surface area (Å²) in [5, 5.41) is 2.99. The maximum absolute atomic E-state index is 12.4. The average molecular weight is 385 g/mol. The molecule has 2 unspecified atom stereocenters. The Bertz CT molecular complexity index is 733. The van der Waals surface area contributed by atoms with Gasteiger partial charge in [0.2, 0.25) is 0 Å². The number of hydrogen-bond acceptors (Lipinski definition) is 5. The molecular formula is C19H22F3NO4. The van der Waals surface area contributed by atoms with E-state index in [2.05, 4.69) is 10.1 Å². The van der Waals surface area contributed by atoms with E-state index in [-0.39, 0.29) is 17.5 Å². The van der Waals surface area contributed by atoms with Gasteiger partial charge in [0.25, 0.3) is 0 Å². The summed E-state index contributed by atoms with van der Waals surface area (Å²) in [6.07, 6.45) is -2.98. The lowest BCUT2D eigenvalue weighted by Crippen LogP contribution is -2.38. The van der Waals surface area contributed by atoms with Crippen LogP contribution in [-0.4, -0.2) is 23.7 Å². The number of ketones is 1. The summed E-state index contributed by atoms with van der Waals surface area (Å²) in [5.41, 5.74) is 0.405. The number of allylic oxidation sites excluding steroid dienone is 2. The van der Waals surface area contributed by atoms with E-state index in [0.717, 1.165) is 0 Å². The monoisotopic (exact) mass is 385 g/mol. The molecule has 1 aliphatic carbocycles. The first-order valence-corrected chi connectivity index (χ1v) is 8.44. The van der Waals surface area contributed by atoms with Crippen molar-refractivity contribution in [1.82, 2.24) is 0 Å². The van der Waals surface area contributed by atoms with Gasteiger partial charge in [-0.05, 0) is 57.4 Å². The van der Waals surface area contributed by atoms with Crippen molar-refractivity contribution in [3.05, 3.63) is 36.0 Å². The Kier molecular flexibility index (Phi) is 5.87. The quantitative estimate of drug-likeness (QED) is 0.613. The molecule has 1 aromatic carbocycles. The molecule has 0 radical (unpaired) electrons. The summed E-state index contributed by atoms with van der Waals surface area (Å²) in [4.78, 5) is 24.6. The fourth-order valence-corrected chi connectivity index (χ4v) is 2.79. The van der Waals surface area contributed by atoms with Gasteiger partial charge in [-0.25, -0.2) is 0 Å². The van der Waals surface area contributed by atoms with Crippen molar-refractivity contribution in [2.45, 2.75) is 46.1 Å². The van der Waals surface area contributed by atoms with Crippen molar-refractivity contribution in [3.63, 3.8) is 0 Å². The van der Waals surface area contributed by atoms with Gasteiger partial charge in [0.05, 0.1) is 0 Å². The molecule has 0 spiro atoms. The summed E-state index contributed by atoms with van der Waals surface area (Å²) in [5.74, 6) is -2.38. The van der Waals surface area contributed by atoms with E-state index in [9.17, 15) is 22.8 Å². The zero-order valence-corrected chi connectivity index (χ0v) is 15.5. The highest BCUT2D eigenvalue weighted by Gasteiger charge is 2.38. The first kappa shape index (κ1) is 20.8. The number of halogens is 3. The van der Waals surface area contributed by atoms with Gasteiger partial charge in [-0.2, -0.15) is 0 Å². The third-order valence-electron chi connectivity index (χ3n) is 3.79. The van der Waals surface area contributed by atoms with Gasteiger partial charge >= 0.3 is 12.3 Å². The predicted molar refractivity (Wildman–Crippen MR) is 93.0 cm³/mol. The van der Waals surface area contributed by atoms with E-state index < -0.39 is 23.9 Å². The van der Waals surface area contributed by atoms with E-state index in [1.54, 1.807) is 27.7 Å². The standard InChI is InChI=1S/C19H22F3NO4/c1-11-9-13(10-15(24)16(11)17(25)27-18(2,3)4)23-12-5-7-14(8-6-12)26-19(20,21)22/h5-8,10-11,16,23H,9H2,1-4H3. The van der Waals surface area contributed by atoms with Gasteiger partial charge in [0.1, 0.15) is 17.3 Å². The number of esters is 1. The summed E-state index contributed by atoms with van der Waals surface area (Å²) >= 11 is 0. The Balaban J connectivity index is 2.05. The second-order valence-corrected chi connectivity index (χ2v) is 7.46. The number of nitrogens with one attached hydrogen (secondary N) is 1. The number of anilines is 1. The fraction of sp³-hybridized carbons (Fsp3) is 0.474. The van der Waals surface area contributed by atoms with Crippen molar-refractivity contribution < 1.29 is 32.2 Å². The SMILES string of the molecule is CC1CC(Nc2ccc(OC(F)(F)F)cc2)=CC(=O)C1C(=O)OC(C)(C)C. The number of carbonyl (C=O) groups excluding carboxylic acids is 2. The predicted octanol–water partition coefficient (Wildman–Crippen LogP) is 4.45. The summed E-state index contributed by atoms with van der Waals surface area (Å²) < 4.78 is 45.7. The summed E-state index contributed by atoms with van der Waals surface area (Å²) in [7, 11) is 0. The molecule has 0 fully saturated rings. The first-order valence-electron chi connectivity index (χ1n) is 8.44. The summed E-state index contributed by atoms with van der Waals surface area (Å²) in [6, 6.07) is 5.18. The van der Waals surface area contributed by atoms with E-state index in [1.165, 1.54) is 30.3 Å². The van der Waals surface area contributed by atoms with Crippen LogP contribution in [-0.2, 0) is 14.3 Å². The maximum atomic E-state index is 12.4. The normalized spacial score (nSPS) is 20.7. The highest BCUT2D eigenvalue weighted by Crippen LogP contribution is 2.31. The minimum absolute atomic E-state index is 0.271. The lowest BCUT2D eigenvalue weighted by atomic mass is 9.81. The first-order chi connectivity index (χ1) is 12.3. The van der Waals surface area contributed by atoms with Gasteiger partial charge in [-0.1, -0.05) is 6.92 Å². The number of hydrogen-bond donors (Lipinski definition) is 1. The molecule has 0 heterocycles. The molecule has 0 aromatic heterocycles. The fourth-order valence-electron chi connectivity index (χ4n) is 2.79. The van der Waals surface area contributed by atoms with Crippen LogP contribution < -0.4 is 10.1 Å². The van der Waals surface area contributed by atoms with Crippen LogP contribution in [0.25, 0.3) is 0 Å². The lowest BCUT2D eigenvalue weighted by Gasteiger charge is -2.29. The van der Waals surface area contributed by atoms with Gasteiger partial charge in [-0.3, -0.25) is 9.59 Å². The highest BCUT2D eigenvalue weighted by molar-refractivity contribution is 6.06. The molecule has 2 rings (SSSR count). The molecule has 8 heteroatoms. The Hall–Kier alpha value is -2.51. The van der Waals surface area contributed by atoms with Crippen molar-refractivity contribution in [3.8, 4) is 5.75 Å². The van der Waals surface area contributed by atoms with Crippen molar-refractivity contribution in [2.75, 3.05) is 5.32 Å². The molecule has 27 heavy (non-hydrogen) atoms. The third-order valence-corrected chi connectivity index (χ3v) is 3.79. The number of alkyl halides is 3. The molecule has 0 bridgehead atoms. The van der Waals surface area contributed by atoms with Crippen LogP contribution in [0, 0.1) is 11.8 Å². The van der Waals surface area contributed by atoms with E-state index in [1.807, 2.05) is 0 Å². The van der Waals surface area contributed by atoms with Crippen LogP contribution >= 0.6 is 0 Å². The highest BCUT2D eigenvalue weighted by atomic mass is 19.4. The van der Waals surface area contributed by atoms with Crippen molar-refractivity contribution >= 4 is 17.4 Å². The van der Waals surface area contributed by atoms with Gasteiger partial charge in [-0.15, -0.1) is 13.2 Å². The Morgan fingerprint density at radius 2 is 1.74 bits per heavy atom. The zero-order valence-electron chi connectivity index (χ0n) is 15.5. The largest absolute Gasteiger partial charge is 0.573 e. The van der Waals surface area contributed by atoms with E-state index in [0.29, 0.717) is 17.8 Å². The van der Waals surface area contributed by atoms with Crippen LogP contribution in [0.4, 0.5) is 18.9 Å². The minimum atomic E-state index is -4.75. The van der Waals surface area contributed by atoms with Crippen LogP contribution in [0.2, 0.25) is 0 Å². The second kappa shape index (κ2) is 7.62. The third kappa shape index (κ3) is 6.30. The van der Waals surface area contributed by atoms with Crippen molar-refractivity contribution in [2.24, 2.45) is 11.8 Å². The number of carbonyl (C=O) groups is 2. The van der Waals surface area contributed by atoms with Gasteiger partial charge in [0, 0.05) is 17.5 Å². The maximum Gasteiger partial charge on any atom is 0.573 e. The van der Waals surface area contributed by atoms with Crippen molar-refractivity contribution in [1.29, 1.82) is 0 Å². The molecular weight excluding hydrogens is 363 g/mol. The minimum Gasteiger partial charge on any atom is -0.459 e. The van der Waals surface area contributed by atoms with Crippen LogP contribution in [0.15, 0.2) is 36.0 Å². The molecule has 2 atom stereocenters. The zero-order chi connectivity index (χ0) is 20.4. The molecule has 1 aromatic rings. The Labute approximate surface area is 155 Å². The van der Waals surface area contributed by atoms with Crippen LogP contribution in [0.3, 0.4) is 0 Å². The molecule has 0 saturated heterocycles. The number of ether oxygens (including phenoxy) is 2. The van der Waals surface area contributed by atoms with Gasteiger partial charge < -0.3 is 14.8 Å². The molecule has 0 saturated carbocycles. The van der Waals surface area contributed by atoms with Crippen LogP contribution in [0.5, 0.6) is 5.75 Å². The van der Waals surface area contributed by atoms with Gasteiger partial charge in [0.15, 0.2) is 5.78 Å². The Morgan fingerprint density at radius 1 is 1.15 bits per heavy atom. The molecule has 0 aliphatic heterocycles.